The zero-order valence-corrected chi connectivity index (χ0v) is 10.0. The third kappa shape index (κ3) is 2.00. The molecule has 2 aromatic heterocycles. The van der Waals surface area contributed by atoms with Gasteiger partial charge in [-0.3, -0.25) is 0 Å². The standard InChI is InChI=1S/C13H17N3O/c1-16-9-12(11-3-2-6-15-13(11)16)17-10-4-7-14-8-5-10/h2-3,6,9-10,14H,4-5,7-8H2,1H3. The molecule has 0 unspecified atom stereocenters. The molecule has 4 heteroatoms. The Bertz CT molecular complexity index is 514. The highest BCUT2D eigenvalue weighted by molar-refractivity contribution is 5.83. The molecule has 2 aromatic rings. The summed E-state index contributed by atoms with van der Waals surface area (Å²) in [4.78, 5) is 4.37. The Morgan fingerprint density at radius 2 is 2.24 bits per heavy atom. The molecule has 1 aliphatic rings. The molecule has 3 heterocycles. The van der Waals surface area contributed by atoms with Crippen molar-refractivity contribution in [1.82, 2.24) is 14.9 Å². The first-order valence-corrected chi connectivity index (χ1v) is 6.12. The molecule has 0 saturated carbocycles. The van der Waals surface area contributed by atoms with Crippen LogP contribution in [0.3, 0.4) is 0 Å². The number of fused-ring (bicyclic) bond motifs is 1. The van der Waals surface area contributed by atoms with Gasteiger partial charge < -0.3 is 14.6 Å². The average molecular weight is 231 g/mol. The van der Waals surface area contributed by atoms with E-state index in [0.29, 0.717) is 6.10 Å². The van der Waals surface area contributed by atoms with Gasteiger partial charge in [0.1, 0.15) is 17.5 Å². The van der Waals surface area contributed by atoms with Crippen LogP contribution in [0.25, 0.3) is 11.0 Å². The van der Waals surface area contributed by atoms with Gasteiger partial charge in [-0.2, -0.15) is 0 Å². The Labute approximate surface area is 101 Å². The van der Waals surface area contributed by atoms with Crippen LogP contribution < -0.4 is 10.1 Å². The Balaban J connectivity index is 1.89. The first kappa shape index (κ1) is 10.6. The van der Waals surface area contributed by atoms with Gasteiger partial charge in [-0.25, -0.2) is 4.98 Å². The number of aromatic nitrogens is 2. The number of ether oxygens (including phenoxy) is 1. The highest BCUT2D eigenvalue weighted by Gasteiger charge is 2.17. The van der Waals surface area contributed by atoms with E-state index in [4.69, 9.17) is 4.74 Å². The second-order valence-corrected chi connectivity index (χ2v) is 4.55. The molecule has 0 spiro atoms. The van der Waals surface area contributed by atoms with Gasteiger partial charge in [0.05, 0.1) is 5.39 Å². The van der Waals surface area contributed by atoms with Gasteiger partial charge in [0.15, 0.2) is 0 Å². The number of piperidine rings is 1. The summed E-state index contributed by atoms with van der Waals surface area (Å²) in [6, 6.07) is 4.02. The van der Waals surface area contributed by atoms with Crippen molar-refractivity contribution in [2.24, 2.45) is 7.05 Å². The second kappa shape index (κ2) is 4.37. The van der Waals surface area contributed by atoms with Crippen LogP contribution in [-0.2, 0) is 7.05 Å². The van der Waals surface area contributed by atoms with Crippen LogP contribution in [0.1, 0.15) is 12.8 Å². The lowest BCUT2D eigenvalue weighted by molar-refractivity contribution is 0.164. The Morgan fingerprint density at radius 3 is 3.06 bits per heavy atom. The number of hydrogen-bond acceptors (Lipinski definition) is 3. The first-order chi connectivity index (χ1) is 8.34. The van der Waals surface area contributed by atoms with Crippen LogP contribution >= 0.6 is 0 Å². The zero-order chi connectivity index (χ0) is 11.7. The molecule has 0 aliphatic carbocycles. The maximum absolute atomic E-state index is 6.09. The van der Waals surface area contributed by atoms with Crippen LogP contribution in [0.2, 0.25) is 0 Å². The summed E-state index contributed by atoms with van der Waals surface area (Å²) in [5.41, 5.74) is 0.983. The van der Waals surface area contributed by atoms with E-state index in [2.05, 4.69) is 16.4 Å². The van der Waals surface area contributed by atoms with Crippen LogP contribution in [0, 0.1) is 0 Å². The lowest BCUT2D eigenvalue weighted by atomic mass is 10.1. The van der Waals surface area contributed by atoms with Crippen molar-refractivity contribution >= 4 is 11.0 Å². The van der Waals surface area contributed by atoms with E-state index < -0.39 is 0 Å². The minimum absolute atomic E-state index is 0.335. The topological polar surface area (TPSA) is 39.1 Å². The minimum Gasteiger partial charge on any atom is -0.488 e. The van der Waals surface area contributed by atoms with Crippen molar-refractivity contribution in [3.05, 3.63) is 24.5 Å². The molecule has 0 aromatic carbocycles. The van der Waals surface area contributed by atoms with Crippen LogP contribution in [0.5, 0.6) is 5.75 Å². The lowest BCUT2D eigenvalue weighted by Gasteiger charge is -2.23. The summed E-state index contributed by atoms with van der Waals surface area (Å²) in [5.74, 6) is 0.961. The van der Waals surface area contributed by atoms with E-state index in [0.717, 1.165) is 42.7 Å². The van der Waals surface area contributed by atoms with Gasteiger partial charge in [-0.1, -0.05) is 0 Å². The Hall–Kier alpha value is -1.55. The summed E-state index contributed by atoms with van der Waals surface area (Å²) in [6.07, 6.45) is 6.34. The third-order valence-electron chi connectivity index (χ3n) is 3.28. The molecule has 1 aliphatic heterocycles. The van der Waals surface area contributed by atoms with E-state index in [1.807, 2.05) is 30.1 Å². The Morgan fingerprint density at radius 1 is 1.41 bits per heavy atom. The lowest BCUT2D eigenvalue weighted by Crippen LogP contribution is -2.34. The zero-order valence-electron chi connectivity index (χ0n) is 10.0. The molecule has 0 atom stereocenters. The second-order valence-electron chi connectivity index (χ2n) is 4.55. The molecule has 1 N–H and O–H groups in total. The summed E-state index contributed by atoms with van der Waals surface area (Å²) < 4.78 is 8.11. The quantitative estimate of drug-likeness (QED) is 0.855. The fourth-order valence-corrected chi connectivity index (χ4v) is 2.36. The van der Waals surface area contributed by atoms with E-state index in [1.54, 1.807) is 0 Å². The number of nitrogens with one attached hydrogen (secondary N) is 1. The molecule has 0 bridgehead atoms. The van der Waals surface area contributed by atoms with Crippen LogP contribution in [0.4, 0.5) is 0 Å². The van der Waals surface area contributed by atoms with Gasteiger partial charge in [-0.05, 0) is 38.1 Å². The molecule has 0 radical (unpaired) electrons. The predicted molar refractivity (Wildman–Crippen MR) is 67.2 cm³/mol. The summed E-state index contributed by atoms with van der Waals surface area (Å²) in [5, 5.41) is 4.45. The van der Waals surface area contributed by atoms with Crippen LogP contribution in [-0.4, -0.2) is 28.7 Å². The Kier molecular flexibility index (Phi) is 2.73. The van der Waals surface area contributed by atoms with Crippen molar-refractivity contribution in [2.45, 2.75) is 18.9 Å². The SMILES string of the molecule is Cn1cc(OC2CCNCC2)c2cccnc21. The molecule has 1 saturated heterocycles. The molecule has 1 fully saturated rings. The summed E-state index contributed by atoms with van der Waals surface area (Å²) in [6.45, 7) is 2.10. The third-order valence-corrected chi connectivity index (χ3v) is 3.28. The fraction of sp³-hybridized carbons (Fsp3) is 0.462. The summed E-state index contributed by atoms with van der Waals surface area (Å²) >= 11 is 0. The van der Waals surface area contributed by atoms with E-state index in [1.165, 1.54) is 0 Å². The van der Waals surface area contributed by atoms with Gasteiger partial charge in [-0.15, -0.1) is 0 Å². The van der Waals surface area contributed by atoms with E-state index >= 15 is 0 Å². The maximum Gasteiger partial charge on any atom is 0.146 e. The first-order valence-electron chi connectivity index (χ1n) is 6.12. The largest absolute Gasteiger partial charge is 0.488 e. The van der Waals surface area contributed by atoms with Crippen molar-refractivity contribution in [2.75, 3.05) is 13.1 Å². The highest BCUT2D eigenvalue weighted by Crippen LogP contribution is 2.27. The summed E-state index contributed by atoms with van der Waals surface area (Å²) in [7, 11) is 2.00. The van der Waals surface area contributed by atoms with E-state index in [-0.39, 0.29) is 0 Å². The smallest absolute Gasteiger partial charge is 0.146 e. The van der Waals surface area contributed by atoms with Crippen molar-refractivity contribution in [3.63, 3.8) is 0 Å². The number of nitrogens with zero attached hydrogens (tertiary/aromatic N) is 2. The number of rotatable bonds is 2. The molecule has 17 heavy (non-hydrogen) atoms. The van der Waals surface area contributed by atoms with Gasteiger partial charge >= 0.3 is 0 Å². The molecule has 0 amide bonds. The molecule has 3 rings (SSSR count). The van der Waals surface area contributed by atoms with Gasteiger partial charge in [0, 0.05) is 19.4 Å². The number of hydrogen-bond donors (Lipinski definition) is 1. The number of pyridine rings is 1. The highest BCUT2D eigenvalue weighted by atomic mass is 16.5. The maximum atomic E-state index is 6.09. The minimum atomic E-state index is 0.335. The molecule has 90 valence electrons. The fourth-order valence-electron chi connectivity index (χ4n) is 2.36. The van der Waals surface area contributed by atoms with Crippen molar-refractivity contribution < 1.29 is 4.74 Å². The van der Waals surface area contributed by atoms with Gasteiger partial charge in [0.25, 0.3) is 0 Å². The monoisotopic (exact) mass is 231 g/mol. The molecule has 4 nitrogen and oxygen atoms in total. The molecular weight excluding hydrogens is 214 g/mol. The normalized spacial score (nSPS) is 17.5. The molecular formula is C13H17N3O. The van der Waals surface area contributed by atoms with Crippen molar-refractivity contribution in [1.29, 1.82) is 0 Å². The van der Waals surface area contributed by atoms with Crippen molar-refractivity contribution in [3.8, 4) is 5.75 Å². The predicted octanol–water partition coefficient (Wildman–Crippen LogP) is 1.70. The average Bonchev–Trinajstić information content (AvgIpc) is 2.69. The van der Waals surface area contributed by atoms with Crippen LogP contribution in [0.15, 0.2) is 24.5 Å². The van der Waals surface area contributed by atoms with E-state index in [9.17, 15) is 0 Å². The number of aryl methyl sites for hydroxylation is 1. The van der Waals surface area contributed by atoms with Gasteiger partial charge in [0.2, 0.25) is 0 Å².